The first-order valence-electron chi connectivity index (χ1n) is 5.47. The number of aryl methyl sites for hydroxylation is 1. The maximum atomic E-state index is 4.31. The summed E-state index contributed by atoms with van der Waals surface area (Å²) in [6, 6.07) is 4.33. The Hall–Kier alpha value is -1.15. The molecule has 1 rings (SSSR count). The number of aromatic nitrogens is 1. The molecule has 0 radical (unpaired) electrons. The molecular weight excluding hydrogens is 184 g/mol. The first-order chi connectivity index (χ1) is 7.16. The molecule has 82 valence electrons. The molecule has 1 unspecified atom stereocenters. The summed E-state index contributed by atoms with van der Waals surface area (Å²) in [4.78, 5) is 4.31. The molecule has 1 heterocycles. The Labute approximate surface area is 92.4 Å². The van der Waals surface area contributed by atoms with Gasteiger partial charge in [-0.1, -0.05) is 25.1 Å². The van der Waals surface area contributed by atoms with E-state index in [1.54, 1.807) is 0 Å². The molecule has 1 aromatic heterocycles. The van der Waals surface area contributed by atoms with Crippen molar-refractivity contribution in [3.8, 4) is 0 Å². The van der Waals surface area contributed by atoms with E-state index >= 15 is 0 Å². The molecule has 0 saturated carbocycles. The van der Waals surface area contributed by atoms with Crippen molar-refractivity contribution in [2.45, 2.75) is 33.2 Å². The minimum absolute atomic E-state index is 0.235. The quantitative estimate of drug-likeness (QED) is 0.746. The van der Waals surface area contributed by atoms with Crippen molar-refractivity contribution >= 4 is 0 Å². The predicted octanol–water partition coefficient (Wildman–Crippen LogP) is 3.01. The van der Waals surface area contributed by atoms with Crippen LogP contribution in [0.15, 0.2) is 30.5 Å². The Kier molecular flexibility index (Phi) is 4.50. The molecule has 0 amide bonds. The second kappa shape index (κ2) is 5.66. The summed E-state index contributed by atoms with van der Waals surface area (Å²) < 4.78 is 0. The second-order valence-corrected chi connectivity index (χ2v) is 3.91. The summed E-state index contributed by atoms with van der Waals surface area (Å²) in [5.41, 5.74) is 3.45. The molecule has 0 aliphatic rings. The van der Waals surface area contributed by atoms with Crippen molar-refractivity contribution in [3.63, 3.8) is 0 Å². The third-order valence-corrected chi connectivity index (χ3v) is 2.45. The van der Waals surface area contributed by atoms with Gasteiger partial charge in [-0.2, -0.15) is 0 Å². The van der Waals surface area contributed by atoms with Crippen LogP contribution in [0.2, 0.25) is 0 Å². The minimum Gasteiger partial charge on any atom is -0.306 e. The molecular formula is C13H20N2. The summed E-state index contributed by atoms with van der Waals surface area (Å²) in [7, 11) is 0. The SMILES string of the molecule is C=C(C)C(NCCC)c1cccnc1C. The molecule has 1 aromatic rings. The van der Waals surface area contributed by atoms with E-state index in [0.29, 0.717) is 0 Å². The first kappa shape index (κ1) is 11.9. The Balaban J connectivity index is 2.89. The van der Waals surface area contributed by atoms with Crippen LogP contribution in [0.3, 0.4) is 0 Å². The standard InChI is InChI=1S/C13H20N2/c1-5-8-15-13(10(2)3)12-7-6-9-14-11(12)4/h6-7,9,13,15H,2,5,8H2,1,3-4H3. The van der Waals surface area contributed by atoms with Gasteiger partial charge in [0.15, 0.2) is 0 Å². The molecule has 0 bridgehead atoms. The number of rotatable bonds is 5. The average Bonchev–Trinajstić information content (AvgIpc) is 2.20. The van der Waals surface area contributed by atoms with E-state index in [1.165, 1.54) is 5.56 Å². The highest BCUT2D eigenvalue weighted by atomic mass is 14.9. The second-order valence-electron chi connectivity index (χ2n) is 3.91. The van der Waals surface area contributed by atoms with E-state index in [4.69, 9.17) is 0 Å². The summed E-state index contributed by atoms with van der Waals surface area (Å²) in [5.74, 6) is 0. The highest BCUT2D eigenvalue weighted by molar-refractivity contribution is 5.28. The van der Waals surface area contributed by atoms with Crippen LogP contribution in [0.25, 0.3) is 0 Å². The third-order valence-electron chi connectivity index (χ3n) is 2.45. The summed E-state index contributed by atoms with van der Waals surface area (Å²) >= 11 is 0. The Bertz CT molecular complexity index is 331. The Morgan fingerprint density at radius 1 is 1.60 bits per heavy atom. The maximum Gasteiger partial charge on any atom is 0.0548 e. The van der Waals surface area contributed by atoms with Gasteiger partial charge in [0.1, 0.15) is 0 Å². The zero-order chi connectivity index (χ0) is 11.3. The lowest BCUT2D eigenvalue weighted by molar-refractivity contribution is 0.586. The third kappa shape index (κ3) is 3.17. The molecule has 2 heteroatoms. The number of hydrogen-bond acceptors (Lipinski definition) is 2. The smallest absolute Gasteiger partial charge is 0.0548 e. The van der Waals surface area contributed by atoms with Crippen molar-refractivity contribution in [1.82, 2.24) is 10.3 Å². The minimum atomic E-state index is 0.235. The van der Waals surface area contributed by atoms with Crippen LogP contribution < -0.4 is 5.32 Å². The highest BCUT2D eigenvalue weighted by Gasteiger charge is 2.13. The molecule has 2 nitrogen and oxygen atoms in total. The van der Waals surface area contributed by atoms with Crippen molar-refractivity contribution in [2.24, 2.45) is 0 Å². The largest absolute Gasteiger partial charge is 0.306 e. The van der Waals surface area contributed by atoms with E-state index in [2.05, 4.69) is 36.8 Å². The van der Waals surface area contributed by atoms with Crippen molar-refractivity contribution in [1.29, 1.82) is 0 Å². The van der Waals surface area contributed by atoms with Crippen LogP contribution in [-0.2, 0) is 0 Å². The van der Waals surface area contributed by atoms with Gasteiger partial charge in [0.05, 0.1) is 6.04 Å². The van der Waals surface area contributed by atoms with E-state index in [-0.39, 0.29) is 6.04 Å². The van der Waals surface area contributed by atoms with Crippen molar-refractivity contribution < 1.29 is 0 Å². The van der Waals surface area contributed by atoms with Crippen LogP contribution in [0, 0.1) is 6.92 Å². The van der Waals surface area contributed by atoms with Crippen molar-refractivity contribution in [2.75, 3.05) is 6.54 Å². The van der Waals surface area contributed by atoms with Gasteiger partial charge >= 0.3 is 0 Å². The fraction of sp³-hybridized carbons (Fsp3) is 0.462. The van der Waals surface area contributed by atoms with Crippen LogP contribution in [0.4, 0.5) is 0 Å². The molecule has 0 fully saturated rings. The summed E-state index contributed by atoms with van der Waals surface area (Å²) in [6.07, 6.45) is 2.96. The average molecular weight is 204 g/mol. The predicted molar refractivity (Wildman–Crippen MR) is 64.8 cm³/mol. The van der Waals surface area contributed by atoms with Gasteiger partial charge in [-0.05, 0) is 38.4 Å². The number of nitrogens with zero attached hydrogens (tertiary/aromatic N) is 1. The van der Waals surface area contributed by atoms with Gasteiger partial charge in [-0.3, -0.25) is 4.98 Å². The fourth-order valence-corrected chi connectivity index (χ4v) is 1.64. The maximum absolute atomic E-state index is 4.31. The Morgan fingerprint density at radius 3 is 2.87 bits per heavy atom. The Morgan fingerprint density at radius 2 is 2.33 bits per heavy atom. The zero-order valence-electron chi connectivity index (χ0n) is 9.88. The number of nitrogens with one attached hydrogen (secondary N) is 1. The van der Waals surface area contributed by atoms with Gasteiger partial charge in [0.2, 0.25) is 0 Å². The lowest BCUT2D eigenvalue weighted by atomic mass is 10.00. The molecule has 0 aromatic carbocycles. The van der Waals surface area contributed by atoms with Gasteiger partial charge < -0.3 is 5.32 Å². The lowest BCUT2D eigenvalue weighted by Crippen LogP contribution is -2.23. The van der Waals surface area contributed by atoms with Gasteiger partial charge in [0, 0.05) is 11.9 Å². The number of hydrogen-bond donors (Lipinski definition) is 1. The monoisotopic (exact) mass is 204 g/mol. The van der Waals surface area contributed by atoms with Crippen LogP contribution in [0.1, 0.15) is 37.6 Å². The molecule has 0 aliphatic carbocycles. The number of pyridine rings is 1. The van der Waals surface area contributed by atoms with E-state index in [1.807, 2.05) is 19.2 Å². The van der Waals surface area contributed by atoms with Crippen LogP contribution in [-0.4, -0.2) is 11.5 Å². The van der Waals surface area contributed by atoms with Gasteiger partial charge in [-0.25, -0.2) is 0 Å². The van der Waals surface area contributed by atoms with Gasteiger partial charge in [0.25, 0.3) is 0 Å². The van der Waals surface area contributed by atoms with Crippen molar-refractivity contribution in [3.05, 3.63) is 41.7 Å². The first-order valence-corrected chi connectivity index (χ1v) is 5.47. The molecule has 0 saturated heterocycles. The summed E-state index contributed by atoms with van der Waals surface area (Å²) in [6.45, 7) is 11.3. The van der Waals surface area contributed by atoms with E-state index in [9.17, 15) is 0 Å². The molecule has 1 atom stereocenters. The van der Waals surface area contributed by atoms with Gasteiger partial charge in [-0.15, -0.1) is 0 Å². The highest BCUT2D eigenvalue weighted by Crippen LogP contribution is 2.21. The molecule has 1 N–H and O–H groups in total. The summed E-state index contributed by atoms with van der Waals surface area (Å²) in [5, 5.41) is 3.49. The fourth-order valence-electron chi connectivity index (χ4n) is 1.64. The molecule has 0 spiro atoms. The lowest BCUT2D eigenvalue weighted by Gasteiger charge is -2.20. The zero-order valence-corrected chi connectivity index (χ0v) is 9.88. The van der Waals surface area contributed by atoms with E-state index < -0.39 is 0 Å². The topological polar surface area (TPSA) is 24.9 Å². The van der Waals surface area contributed by atoms with E-state index in [0.717, 1.165) is 24.2 Å². The molecule has 15 heavy (non-hydrogen) atoms. The normalized spacial score (nSPS) is 12.5. The van der Waals surface area contributed by atoms with Crippen LogP contribution in [0.5, 0.6) is 0 Å². The molecule has 0 aliphatic heterocycles. The van der Waals surface area contributed by atoms with Crippen LogP contribution >= 0.6 is 0 Å².